The summed E-state index contributed by atoms with van der Waals surface area (Å²) in [5.41, 5.74) is 3.81. The Morgan fingerprint density at radius 1 is 1.10 bits per heavy atom. The average Bonchev–Trinajstić information content (AvgIpc) is 3.40. The van der Waals surface area contributed by atoms with Gasteiger partial charge in [0.1, 0.15) is 5.75 Å². The topological polar surface area (TPSA) is 27.7 Å². The van der Waals surface area contributed by atoms with Gasteiger partial charge in [-0.2, -0.15) is 0 Å². The fraction of sp³-hybridized carbons (Fsp3) is 0.704. The van der Waals surface area contributed by atoms with Crippen LogP contribution in [-0.4, -0.2) is 26.1 Å². The lowest BCUT2D eigenvalue weighted by Gasteiger charge is -2.59. The number of hydrogen-bond acceptors (Lipinski definition) is 3. The van der Waals surface area contributed by atoms with Crippen LogP contribution < -0.4 is 4.74 Å². The normalized spacial score (nSPS) is 45.5. The highest BCUT2D eigenvalue weighted by Crippen LogP contribution is 2.85. The van der Waals surface area contributed by atoms with E-state index in [4.69, 9.17) is 14.2 Å². The van der Waals surface area contributed by atoms with Gasteiger partial charge in [-0.25, -0.2) is 0 Å². The van der Waals surface area contributed by atoms with Gasteiger partial charge in [0.2, 0.25) is 0 Å². The molecule has 0 spiro atoms. The van der Waals surface area contributed by atoms with E-state index in [0.29, 0.717) is 17.3 Å². The molecule has 0 aromatic heterocycles. The summed E-state index contributed by atoms with van der Waals surface area (Å²) in [6.07, 6.45) is 11.1. The van der Waals surface area contributed by atoms with Crippen LogP contribution in [0.5, 0.6) is 5.75 Å². The zero-order chi connectivity index (χ0) is 20.8. The van der Waals surface area contributed by atoms with Crippen LogP contribution in [0.4, 0.5) is 0 Å². The van der Waals surface area contributed by atoms with E-state index in [0.717, 1.165) is 24.9 Å². The molecule has 4 fully saturated rings. The quantitative estimate of drug-likeness (QED) is 0.585. The largest absolute Gasteiger partial charge is 0.497 e. The molecule has 1 aromatic carbocycles. The first-order valence-corrected chi connectivity index (χ1v) is 12.0. The fourth-order valence-electron chi connectivity index (χ4n) is 9.72. The van der Waals surface area contributed by atoms with Crippen LogP contribution >= 0.6 is 0 Å². The van der Waals surface area contributed by atoms with Gasteiger partial charge in [0.25, 0.3) is 0 Å². The second-order valence-corrected chi connectivity index (χ2v) is 11.0. The standard InChI is InChI=1S/C27H36O3/c1-5-19-17-26-12-13-27(19,25(3)29-14-15-30-25)24(26,2)11-10-22-21-8-7-20(28-4)16-18(21)6-9-23(22)26/h5,7-8,16,19,22-23H,1,6,9-15,17H2,2-4H3/t19-,22-,23-,24+,26?,27+/m1/s1. The summed E-state index contributed by atoms with van der Waals surface area (Å²) in [5, 5.41) is 0. The van der Waals surface area contributed by atoms with Gasteiger partial charge in [-0.1, -0.05) is 19.1 Å². The highest BCUT2D eigenvalue weighted by Gasteiger charge is 2.81. The third-order valence-electron chi connectivity index (χ3n) is 10.8. The number of rotatable bonds is 3. The smallest absolute Gasteiger partial charge is 0.172 e. The number of methoxy groups -OCH3 is 1. The van der Waals surface area contributed by atoms with E-state index in [9.17, 15) is 0 Å². The summed E-state index contributed by atoms with van der Waals surface area (Å²) < 4.78 is 18.4. The van der Waals surface area contributed by atoms with Gasteiger partial charge in [0, 0.05) is 5.41 Å². The highest BCUT2D eigenvalue weighted by atomic mass is 16.7. The Morgan fingerprint density at radius 3 is 2.63 bits per heavy atom. The minimum absolute atomic E-state index is 0.0589. The molecule has 1 aromatic rings. The number of hydrogen-bond donors (Lipinski definition) is 0. The molecule has 162 valence electrons. The molecule has 1 heterocycles. The van der Waals surface area contributed by atoms with Crippen molar-refractivity contribution < 1.29 is 14.2 Å². The monoisotopic (exact) mass is 408 g/mol. The summed E-state index contributed by atoms with van der Waals surface area (Å²) >= 11 is 0. The maximum Gasteiger partial charge on any atom is 0.172 e. The van der Waals surface area contributed by atoms with E-state index < -0.39 is 5.79 Å². The molecule has 6 atom stereocenters. The molecule has 6 rings (SSSR count). The average molecular weight is 409 g/mol. The second-order valence-electron chi connectivity index (χ2n) is 11.0. The molecule has 3 saturated carbocycles. The lowest BCUT2D eigenvalue weighted by molar-refractivity contribution is -0.266. The van der Waals surface area contributed by atoms with E-state index >= 15 is 0 Å². The van der Waals surface area contributed by atoms with Crippen molar-refractivity contribution in [1.82, 2.24) is 0 Å². The van der Waals surface area contributed by atoms with Crippen molar-refractivity contribution in [3.63, 3.8) is 0 Å². The van der Waals surface area contributed by atoms with Gasteiger partial charge >= 0.3 is 0 Å². The zero-order valence-corrected chi connectivity index (χ0v) is 18.8. The van der Waals surface area contributed by atoms with E-state index in [1.807, 2.05) is 0 Å². The first-order valence-electron chi connectivity index (χ1n) is 12.0. The molecular weight excluding hydrogens is 372 g/mol. The summed E-state index contributed by atoms with van der Waals surface area (Å²) in [6.45, 7) is 10.6. The van der Waals surface area contributed by atoms with Gasteiger partial charge in [0.05, 0.1) is 20.3 Å². The van der Waals surface area contributed by atoms with Gasteiger partial charge in [-0.15, -0.1) is 6.58 Å². The number of aryl methyl sites for hydroxylation is 1. The molecule has 30 heavy (non-hydrogen) atoms. The van der Waals surface area contributed by atoms with Crippen LogP contribution in [0.1, 0.15) is 69.4 Å². The van der Waals surface area contributed by atoms with Crippen molar-refractivity contribution in [2.24, 2.45) is 28.1 Å². The molecule has 4 aliphatic carbocycles. The Morgan fingerprint density at radius 2 is 1.90 bits per heavy atom. The molecule has 0 amide bonds. The maximum atomic E-state index is 6.42. The SMILES string of the molecule is C=C[C@@H]1CC23CC[C@@]1(C1(C)OCCO1)[C@@]2(C)CC[C@@H]1c2ccc(OC)cc2CC[C@H]13. The van der Waals surface area contributed by atoms with Crippen LogP contribution in [0.2, 0.25) is 0 Å². The number of allylic oxidation sites excluding steroid dienone is 1. The van der Waals surface area contributed by atoms with Gasteiger partial charge in [0.15, 0.2) is 5.79 Å². The van der Waals surface area contributed by atoms with Crippen molar-refractivity contribution in [3.05, 3.63) is 42.0 Å². The van der Waals surface area contributed by atoms with Crippen molar-refractivity contribution in [1.29, 1.82) is 0 Å². The maximum absolute atomic E-state index is 6.42. The predicted octanol–water partition coefficient (Wildman–Crippen LogP) is 5.88. The van der Waals surface area contributed by atoms with Crippen molar-refractivity contribution in [2.75, 3.05) is 20.3 Å². The molecule has 5 aliphatic rings. The zero-order valence-electron chi connectivity index (χ0n) is 18.8. The summed E-state index contributed by atoms with van der Waals surface area (Å²) in [6, 6.07) is 6.84. The predicted molar refractivity (Wildman–Crippen MR) is 118 cm³/mol. The second kappa shape index (κ2) is 6.13. The molecule has 0 radical (unpaired) electrons. The number of ether oxygens (including phenoxy) is 3. The molecule has 3 heteroatoms. The molecule has 1 saturated heterocycles. The van der Waals surface area contributed by atoms with Gasteiger partial charge in [-0.3, -0.25) is 0 Å². The third-order valence-corrected chi connectivity index (χ3v) is 10.8. The molecular formula is C27H36O3. The Balaban J connectivity index is 1.46. The molecule has 1 aliphatic heterocycles. The Bertz CT molecular complexity index is 886. The first kappa shape index (κ1) is 19.4. The van der Waals surface area contributed by atoms with E-state index in [1.54, 1.807) is 12.7 Å². The Labute approximate surface area is 181 Å². The minimum Gasteiger partial charge on any atom is -0.497 e. The van der Waals surface area contributed by atoms with E-state index in [2.05, 4.69) is 44.7 Å². The van der Waals surface area contributed by atoms with Crippen LogP contribution in [0.15, 0.2) is 30.9 Å². The van der Waals surface area contributed by atoms with Crippen molar-refractivity contribution in [2.45, 2.75) is 70.5 Å². The fourth-order valence-corrected chi connectivity index (χ4v) is 9.72. The third kappa shape index (κ3) is 1.96. The Kier molecular flexibility index (Phi) is 3.96. The van der Waals surface area contributed by atoms with Crippen LogP contribution in [0, 0.1) is 28.1 Å². The number of benzene rings is 1. The molecule has 1 unspecified atom stereocenters. The van der Waals surface area contributed by atoms with Crippen LogP contribution in [-0.2, 0) is 15.9 Å². The van der Waals surface area contributed by atoms with Crippen molar-refractivity contribution in [3.8, 4) is 5.75 Å². The lowest BCUT2D eigenvalue weighted by atomic mass is 9.46. The van der Waals surface area contributed by atoms with Crippen LogP contribution in [0.25, 0.3) is 0 Å². The van der Waals surface area contributed by atoms with Gasteiger partial charge in [-0.05, 0) is 104 Å². The van der Waals surface area contributed by atoms with E-state index in [-0.39, 0.29) is 10.8 Å². The van der Waals surface area contributed by atoms with Gasteiger partial charge < -0.3 is 14.2 Å². The molecule has 2 bridgehead atoms. The first-order chi connectivity index (χ1) is 14.4. The van der Waals surface area contributed by atoms with Crippen molar-refractivity contribution >= 4 is 0 Å². The summed E-state index contributed by atoms with van der Waals surface area (Å²) in [4.78, 5) is 0. The molecule has 0 N–H and O–H groups in total. The number of fused-ring (bicyclic) bond motifs is 3. The summed E-state index contributed by atoms with van der Waals surface area (Å²) in [7, 11) is 1.78. The van der Waals surface area contributed by atoms with Crippen LogP contribution in [0.3, 0.4) is 0 Å². The molecule has 3 nitrogen and oxygen atoms in total. The Hall–Kier alpha value is -1.32. The summed E-state index contributed by atoms with van der Waals surface area (Å²) in [5.74, 6) is 2.46. The van der Waals surface area contributed by atoms with E-state index in [1.165, 1.54) is 50.5 Å². The lowest BCUT2D eigenvalue weighted by Crippen LogP contribution is -2.58. The minimum atomic E-state index is -0.467. The highest BCUT2D eigenvalue weighted by molar-refractivity contribution is 5.42.